The Labute approximate surface area is 161 Å². The molecule has 1 heterocycles. The van der Waals surface area contributed by atoms with Gasteiger partial charge in [0.05, 0.1) is 0 Å². The fourth-order valence-electron chi connectivity index (χ4n) is 3.60. The zero-order valence-electron chi connectivity index (χ0n) is 15.9. The van der Waals surface area contributed by atoms with Gasteiger partial charge < -0.3 is 10.2 Å². The third kappa shape index (κ3) is 5.43. The lowest BCUT2D eigenvalue weighted by molar-refractivity contribution is -0.122. The summed E-state index contributed by atoms with van der Waals surface area (Å²) in [4.78, 5) is 26.7. The molecular weight excluding hydrogens is 336 g/mol. The van der Waals surface area contributed by atoms with E-state index in [-0.39, 0.29) is 11.8 Å². The number of hydrogen-bond acceptors (Lipinski definition) is 2. The fraction of sp³-hybridized carbons (Fsp3) is 0.391. The summed E-state index contributed by atoms with van der Waals surface area (Å²) in [5.41, 5.74) is 1.98. The standard InChI is InChI=1S/C23H28N2O2/c1-18(20-8-4-2-5-9-20)17-24-22(26)16-19-12-14-25(15-13-19)23(27)21-10-6-3-7-11-21/h2-11,18-19H,12-17H2,1H3,(H,24,26)/t18-/m1/s1. The van der Waals surface area contributed by atoms with Gasteiger partial charge in [0.15, 0.2) is 0 Å². The van der Waals surface area contributed by atoms with Crippen LogP contribution < -0.4 is 5.32 Å². The Kier molecular flexibility index (Phi) is 6.64. The number of carbonyl (C=O) groups excluding carboxylic acids is 2. The number of amides is 2. The highest BCUT2D eigenvalue weighted by Gasteiger charge is 2.25. The van der Waals surface area contributed by atoms with E-state index in [2.05, 4.69) is 24.4 Å². The SMILES string of the molecule is C[C@H](CNC(=O)CC1CCN(C(=O)c2ccccc2)CC1)c1ccccc1. The predicted molar refractivity (Wildman–Crippen MR) is 108 cm³/mol. The first kappa shape index (κ1) is 19.2. The average molecular weight is 364 g/mol. The number of hydrogen-bond donors (Lipinski definition) is 1. The quantitative estimate of drug-likeness (QED) is 0.846. The van der Waals surface area contributed by atoms with Crippen molar-refractivity contribution in [1.82, 2.24) is 10.2 Å². The molecule has 142 valence electrons. The van der Waals surface area contributed by atoms with Gasteiger partial charge in [0.25, 0.3) is 5.91 Å². The minimum absolute atomic E-state index is 0.0928. The number of nitrogens with zero attached hydrogens (tertiary/aromatic N) is 1. The van der Waals surface area contributed by atoms with Crippen molar-refractivity contribution < 1.29 is 9.59 Å². The maximum Gasteiger partial charge on any atom is 0.253 e. The van der Waals surface area contributed by atoms with E-state index >= 15 is 0 Å². The predicted octanol–water partition coefficient (Wildman–Crippen LogP) is 3.85. The van der Waals surface area contributed by atoms with E-state index in [9.17, 15) is 9.59 Å². The molecule has 27 heavy (non-hydrogen) atoms. The first-order chi connectivity index (χ1) is 13.1. The van der Waals surface area contributed by atoms with E-state index in [1.807, 2.05) is 53.4 Å². The van der Waals surface area contributed by atoms with Gasteiger partial charge in [0, 0.05) is 31.6 Å². The lowest BCUT2D eigenvalue weighted by Gasteiger charge is -2.32. The molecule has 0 spiro atoms. The molecule has 2 amide bonds. The summed E-state index contributed by atoms with van der Waals surface area (Å²) in [6.07, 6.45) is 2.33. The molecule has 3 rings (SSSR count). The maximum absolute atomic E-state index is 12.5. The second kappa shape index (κ2) is 9.36. The van der Waals surface area contributed by atoms with Crippen LogP contribution in [0.25, 0.3) is 0 Å². The summed E-state index contributed by atoms with van der Waals surface area (Å²) < 4.78 is 0. The second-order valence-corrected chi connectivity index (χ2v) is 7.42. The molecule has 4 nitrogen and oxygen atoms in total. The van der Waals surface area contributed by atoms with Crippen molar-refractivity contribution in [2.45, 2.75) is 32.1 Å². The second-order valence-electron chi connectivity index (χ2n) is 7.42. The number of nitrogens with one attached hydrogen (secondary N) is 1. The number of benzene rings is 2. The van der Waals surface area contributed by atoms with Crippen molar-refractivity contribution in [1.29, 1.82) is 0 Å². The summed E-state index contributed by atoms with van der Waals surface area (Å²) in [5, 5.41) is 3.07. The van der Waals surface area contributed by atoms with Crippen LogP contribution in [0.2, 0.25) is 0 Å². The van der Waals surface area contributed by atoms with Crippen LogP contribution in [0, 0.1) is 5.92 Å². The van der Waals surface area contributed by atoms with Gasteiger partial charge in [-0.25, -0.2) is 0 Å². The Morgan fingerprint density at radius 3 is 2.22 bits per heavy atom. The molecule has 1 N–H and O–H groups in total. The molecule has 4 heteroatoms. The fourth-order valence-corrected chi connectivity index (χ4v) is 3.60. The van der Waals surface area contributed by atoms with Gasteiger partial charge in [-0.2, -0.15) is 0 Å². The molecule has 0 unspecified atom stereocenters. The smallest absolute Gasteiger partial charge is 0.253 e. The van der Waals surface area contributed by atoms with Crippen molar-refractivity contribution in [3.8, 4) is 0 Å². The average Bonchev–Trinajstić information content (AvgIpc) is 2.73. The Balaban J connectivity index is 1.40. The van der Waals surface area contributed by atoms with Crippen molar-refractivity contribution in [2.24, 2.45) is 5.92 Å². The largest absolute Gasteiger partial charge is 0.355 e. The zero-order valence-corrected chi connectivity index (χ0v) is 15.9. The summed E-state index contributed by atoms with van der Waals surface area (Å²) in [6, 6.07) is 19.7. The molecule has 1 aliphatic heterocycles. The number of likely N-dealkylation sites (tertiary alicyclic amines) is 1. The van der Waals surface area contributed by atoms with E-state index in [0.29, 0.717) is 24.8 Å². The number of carbonyl (C=O) groups is 2. The van der Waals surface area contributed by atoms with E-state index in [0.717, 1.165) is 31.5 Å². The molecule has 0 radical (unpaired) electrons. The molecule has 1 aliphatic rings. The van der Waals surface area contributed by atoms with E-state index in [1.165, 1.54) is 5.56 Å². The number of rotatable bonds is 6. The van der Waals surface area contributed by atoms with E-state index in [4.69, 9.17) is 0 Å². The molecule has 0 bridgehead atoms. The van der Waals surface area contributed by atoms with Crippen LogP contribution in [0.4, 0.5) is 0 Å². The van der Waals surface area contributed by atoms with Crippen LogP contribution in [0.3, 0.4) is 0 Å². The van der Waals surface area contributed by atoms with Gasteiger partial charge in [-0.05, 0) is 42.4 Å². The van der Waals surface area contributed by atoms with Gasteiger partial charge in [-0.3, -0.25) is 9.59 Å². The van der Waals surface area contributed by atoms with Gasteiger partial charge >= 0.3 is 0 Å². The highest BCUT2D eigenvalue weighted by Crippen LogP contribution is 2.22. The molecular formula is C23H28N2O2. The van der Waals surface area contributed by atoms with Gasteiger partial charge in [0.2, 0.25) is 5.91 Å². The first-order valence-electron chi connectivity index (χ1n) is 9.79. The summed E-state index contributed by atoms with van der Waals surface area (Å²) in [7, 11) is 0. The Hall–Kier alpha value is -2.62. The molecule has 2 aromatic carbocycles. The van der Waals surface area contributed by atoms with Crippen LogP contribution >= 0.6 is 0 Å². The molecule has 1 atom stereocenters. The maximum atomic E-state index is 12.5. The molecule has 0 aromatic heterocycles. The minimum atomic E-state index is 0.0928. The van der Waals surface area contributed by atoms with Gasteiger partial charge in [-0.15, -0.1) is 0 Å². The highest BCUT2D eigenvalue weighted by molar-refractivity contribution is 5.94. The molecule has 0 aliphatic carbocycles. The molecule has 1 fully saturated rings. The van der Waals surface area contributed by atoms with Crippen molar-refractivity contribution >= 4 is 11.8 Å². The normalized spacial score (nSPS) is 16.0. The van der Waals surface area contributed by atoms with Crippen LogP contribution in [0.1, 0.15) is 48.0 Å². The number of piperidine rings is 1. The first-order valence-corrected chi connectivity index (χ1v) is 9.79. The highest BCUT2D eigenvalue weighted by atomic mass is 16.2. The molecule has 0 saturated carbocycles. The van der Waals surface area contributed by atoms with Crippen LogP contribution in [-0.4, -0.2) is 36.3 Å². The molecule has 1 saturated heterocycles. The van der Waals surface area contributed by atoms with Crippen LogP contribution in [-0.2, 0) is 4.79 Å². The summed E-state index contributed by atoms with van der Waals surface area (Å²) in [5.74, 6) is 0.873. The van der Waals surface area contributed by atoms with E-state index in [1.54, 1.807) is 0 Å². The minimum Gasteiger partial charge on any atom is -0.355 e. The third-order valence-electron chi connectivity index (χ3n) is 5.37. The van der Waals surface area contributed by atoms with Crippen LogP contribution in [0.5, 0.6) is 0 Å². The Bertz CT molecular complexity index is 737. The third-order valence-corrected chi connectivity index (χ3v) is 5.37. The lowest BCUT2D eigenvalue weighted by Crippen LogP contribution is -2.39. The van der Waals surface area contributed by atoms with Gasteiger partial charge in [0.1, 0.15) is 0 Å². The Morgan fingerprint density at radius 2 is 1.59 bits per heavy atom. The van der Waals surface area contributed by atoms with Crippen molar-refractivity contribution in [3.05, 3.63) is 71.8 Å². The van der Waals surface area contributed by atoms with Crippen molar-refractivity contribution in [3.63, 3.8) is 0 Å². The summed E-state index contributed by atoms with van der Waals surface area (Å²) in [6.45, 7) is 4.25. The monoisotopic (exact) mass is 364 g/mol. The van der Waals surface area contributed by atoms with Crippen molar-refractivity contribution in [2.75, 3.05) is 19.6 Å². The van der Waals surface area contributed by atoms with Gasteiger partial charge in [-0.1, -0.05) is 55.5 Å². The van der Waals surface area contributed by atoms with E-state index < -0.39 is 0 Å². The Morgan fingerprint density at radius 1 is 1.00 bits per heavy atom. The topological polar surface area (TPSA) is 49.4 Å². The summed E-state index contributed by atoms with van der Waals surface area (Å²) >= 11 is 0. The zero-order chi connectivity index (χ0) is 19.1. The van der Waals surface area contributed by atoms with Crippen LogP contribution in [0.15, 0.2) is 60.7 Å². The lowest BCUT2D eigenvalue weighted by atomic mass is 9.92. The molecule has 2 aromatic rings.